The number of halogens is 1. The molecule has 10 rings (SSSR count). The molecule has 0 saturated carbocycles. The van der Waals surface area contributed by atoms with Gasteiger partial charge in [-0.2, -0.15) is 10.2 Å². The van der Waals surface area contributed by atoms with E-state index in [-0.39, 0.29) is 55.3 Å². The fraction of sp³-hybridized carbons (Fsp3) is 0.451. The molecule has 4 aromatic heterocycles. The van der Waals surface area contributed by atoms with Crippen molar-refractivity contribution in [2.75, 3.05) is 54.8 Å². The quantitative estimate of drug-likeness (QED) is 0.105. The van der Waals surface area contributed by atoms with E-state index in [4.69, 9.17) is 26.8 Å². The van der Waals surface area contributed by atoms with Crippen molar-refractivity contribution in [3.8, 4) is 0 Å². The van der Waals surface area contributed by atoms with Gasteiger partial charge in [0.2, 0.25) is 11.8 Å². The monoisotopic (exact) mass is 976 g/mol. The van der Waals surface area contributed by atoms with E-state index in [1.807, 2.05) is 86.3 Å². The molecule has 5 N–H and O–H groups in total. The van der Waals surface area contributed by atoms with Gasteiger partial charge in [0.1, 0.15) is 11.0 Å². The highest BCUT2D eigenvalue weighted by Crippen LogP contribution is 2.36. The van der Waals surface area contributed by atoms with Gasteiger partial charge in [0, 0.05) is 88.8 Å². The SMILES string of the molecule is C.CC(=O)Nc1ccc(C)cc1C(=O)N1CCCC[C@H]1c1cc2nc(Cl)c(C)cn2n1.CC(=O)Nc1ccc(C)cc1C(=O)N1CCCC[C@H]1c1cc2nc(N3CC(O)C3)c(C)cn2n1.OC1CNC1. The molecule has 70 heavy (non-hydrogen) atoms. The minimum Gasteiger partial charge on any atom is -0.390 e. The van der Waals surface area contributed by atoms with Gasteiger partial charge in [0.15, 0.2) is 11.3 Å². The summed E-state index contributed by atoms with van der Waals surface area (Å²) in [7, 11) is 0. The molecule has 0 spiro atoms. The largest absolute Gasteiger partial charge is 0.390 e. The highest BCUT2D eigenvalue weighted by Gasteiger charge is 2.34. The Balaban J connectivity index is 0.000000186. The van der Waals surface area contributed by atoms with Crippen LogP contribution in [0.5, 0.6) is 0 Å². The summed E-state index contributed by atoms with van der Waals surface area (Å²) in [6.07, 6.45) is 8.98. The molecule has 6 aromatic rings. The van der Waals surface area contributed by atoms with E-state index < -0.39 is 0 Å². The van der Waals surface area contributed by atoms with Crippen molar-refractivity contribution >= 4 is 63.7 Å². The second-order valence-corrected chi connectivity index (χ2v) is 18.9. The maximum atomic E-state index is 13.7. The van der Waals surface area contributed by atoms with Crippen LogP contribution in [0.2, 0.25) is 5.15 Å². The lowest BCUT2D eigenvalue weighted by Crippen LogP contribution is -2.51. The Morgan fingerprint density at radius 3 is 1.54 bits per heavy atom. The Hall–Kier alpha value is -6.47. The molecule has 19 heteroatoms. The van der Waals surface area contributed by atoms with Gasteiger partial charge in [-0.25, -0.2) is 19.0 Å². The van der Waals surface area contributed by atoms with Gasteiger partial charge >= 0.3 is 0 Å². The number of benzene rings is 2. The van der Waals surface area contributed by atoms with Crippen molar-refractivity contribution in [2.24, 2.45) is 0 Å². The Kier molecular flexibility index (Phi) is 16.2. The number of anilines is 3. The number of carbonyl (C=O) groups excluding carboxylic acids is 4. The number of amides is 4. The van der Waals surface area contributed by atoms with Gasteiger partial charge in [0.25, 0.3) is 11.8 Å². The minimum absolute atomic E-state index is 0. The van der Waals surface area contributed by atoms with Gasteiger partial charge < -0.3 is 40.9 Å². The molecule has 0 aliphatic carbocycles. The molecule has 4 fully saturated rings. The number of aliphatic hydroxyl groups is 2. The molecule has 2 atom stereocenters. The first kappa shape index (κ1) is 51.4. The summed E-state index contributed by atoms with van der Waals surface area (Å²) in [4.78, 5) is 65.6. The van der Waals surface area contributed by atoms with Crippen LogP contribution in [0, 0.1) is 27.7 Å². The van der Waals surface area contributed by atoms with E-state index in [1.54, 1.807) is 21.2 Å². The summed E-state index contributed by atoms with van der Waals surface area (Å²) >= 11 is 6.16. The van der Waals surface area contributed by atoms with Gasteiger partial charge in [-0.05, 0) is 90.5 Å². The lowest BCUT2D eigenvalue weighted by atomic mass is 9.97. The molecule has 4 aliphatic rings. The van der Waals surface area contributed by atoms with Crippen molar-refractivity contribution in [3.05, 3.63) is 111 Å². The summed E-state index contributed by atoms with van der Waals surface area (Å²) in [5.74, 6) is 0.239. The van der Waals surface area contributed by atoms with Gasteiger partial charge in [-0.1, -0.05) is 42.3 Å². The average Bonchev–Trinajstić information content (AvgIpc) is 3.91. The molecule has 4 saturated heterocycles. The van der Waals surface area contributed by atoms with E-state index in [0.717, 1.165) is 96.7 Å². The third kappa shape index (κ3) is 11.6. The molecule has 4 amide bonds. The van der Waals surface area contributed by atoms with Gasteiger partial charge in [-0.15, -0.1) is 0 Å². The zero-order valence-corrected chi connectivity index (χ0v) is 40.8. The van der Waals surface area contributed by atoms with Crippen molar-refractivity contribution in [1.82, 2.24) is 44.3 Å². The number of aromatic nitrogens is 6. The standard InChI is InChI=1S/C25H30N6O3.C22H24ClN5O2.C3H7NO.CH4/c1-15-7-8-20(26-17(3)32)19(10-15)25(34)30-9-5-4-6-22(30)21-11-23-27-24(29-13-18(33)14-29)16(2)12-31(23)28-21;1-13-7-8-17(24-15(3)29)16(10-13)22(30)27-9-5-4-6-19(27)18-11-20-25-21(23)14(2)12-28(20)26-18;5-3-1-4-2-3;/h7-8,10-12,18,22,33H,4-6,9,13-14H2,1-3H3,(H,26,32);7-8,10-12,19H,4-6,9H2,1-3H3,(H,24,29);3-5H,1-2H2;1H4/t22-;19-;;/m00../s1. The number of nitrogens with zero attached hydrogens (tertiary/aromatic N) is 9. The topological polar surface area (TPSA) is 215 Å². The molecule has 0 bridgehead atoms. The normalized spacial score (nSPS) is 18.1. The maximum Gasteiger partial charge on any atom is 0.256 e. The van der Waals surface area contributed by atoms with E-state index in [2.05, 4.69) is 30.9 Å². The molecule has 0 unspecified atom stereocenters. The van der Waals surface area contributed by atoms with Crippen LogP contribution in [0.4, 0.5) is 17.2 Å². The fourth-order valence-corrected chi connectivity index (χ4v) is 9.25. The zero-order valence-electron chi connectivity index (χ0n) is 40.0. The predicted molar refractivity (Wildman–Crippen MR) is 271 cm³/mol. The number of rotatable bonds is 7. The third-order valence-electron chi connectivity index (χ3n) is 12.8. The van der Waals surface area contributed by atoms with Crippen molar-refractivity contribution < 1.29 is 29.4 Å². The van der Waals surface area contributed by atoms with Crippen molar-refractivity contribution in [1.29, 1.82) is 0 Å². The number of hydrogen-bond donors (Lipinski definition) is 5. The van der Waals surface area contributed by atoms with Crippen LogP contribution in [-0.4, -0.2) is 124 Å². The second-order valence-electron chi connectivity index (χ2n) is 18.6. The summed E-state index contributed by atoms with van der Waals surface area (Å²) in [5.41, 5.74) is 8.81. The highest BCUT2D eigenvalue weighted by molar-refractivity contribution is 6.30. The van der Waals surface area contributed by atoms with E-state index >= 15 is 0 Å². The van der Waals surface area contributed by atoms with Gasteiger partial charge in [0.05, 0.1) is 58.2 Å². The molecular weight excluding hydrogens is 912 g/mol. The van der Waals surface area contributed by atoms with Crippen LogP contribution in [0.1, 0.15) is 126 Å². The number of piperidine rings is 2. The molecule has 2 aromatic carbocycles. The van der Waals surface area contributed by atoms with E-state index in [1.165, 1.54) is 13.8 Å². The summed E-state index contributed by atoms with van der Waals surface area (Å²) in [6, 6.07) is 14.5. The highest BCUT2D eigenvalue weighted by atomic mass is 35.5. The van der Waals surface area contributed by atoms with Crippen LogP contribution < -0.4 is 20.9 Å². The van der Waals surface area contributed by atoms with Gasteiger partial charge in [-0.3, -0.25) is 19.2 Å². The summed E-state index contributed by atoms with van der Waals surface area (Å²) < 4.78 is 3.49. The van der Waals surface area contributed by atoms with E-state index in [9.17, 15) is 24.3 Å². The number of β-amino-alcohol motifs (C(OH)–C–C–N with tert-alkyl or cyclic N) is 2. The van der Waals surface area contributed by atoms with Crippen LogP contribution in [0.25, 0.3) is 11.3 Å². The number of carbonyl (C=O) groups is 4. The first-order chi connectivity index (χ1) is 33.0. The Morgan fingerprint density at radius 2 is 1.11 bits per heavy atom. The minimum atomic E-state index is -0.302. The Bertz CT molecular complexity index is 2850. The average molecular weight is 978 g/mol. The van der Waals surface area contributed by atoms with E-state index in [0.29, 0.717) is 59.5 Å². The summed E-state index contributed by atoms with van der Waals surface area (Å²) in [6.45, 7) is 14.7. The lowest BCUT2D eigenvalue weighted by molar-refractivity contribution is -0.115. The number of aliphatic hydroxyl groups excluding tert-OH is 2. The number of likely N-dealkylation sites (tertiary alicyclic amines) is 2. The third-order valence-corrected chi connectivity index (χ3v) is 13.2. The number of fused-ring (bicyclic) bond motifs is 2. The maximum absolute atomic E-state index is 13.7. The first-order valence-electron chi connectivity index (χ1n) is 23.6. The van der Waals surface area contributed by atoms with Crippen molar-refractivity contribution in [3.63, 3.8) is 0 Å². The first-order valence-corrected chi connectivity index (χ1v) is 24.0. The van der Waals surface area contributed by atoms with Crippen LogP contribution in [0.15, 0.2) is 60.9 Å². The molecular formula is C51H65ClN12O6. The van der Waals surface area contributed by atoms with Crippen LogP contribution >= 0.6 is 11.6 Å². The molecule has 372 valence electrons. The van der Waals surface area contributed by atoms with Crippen LogP contribution in [-0.2, 0) is 9.59 Å². The predicted octanol–water partition coefficient (Wildman–Crippen LogP) is 6.76. The molecule has 4 aliphatic heterocycles. The molecule has 8 heterocycles. The van der Waals surface area contributed by atoms with Crippen LogP contribution in [0.3, 0.4) is 0 Å². The Morgan fingerprint density at radius 1 is 0.657 bits per heavy atom. The zero-order chi connectivity index (χ0) is 49.1. The Labute approximate surface area is 413 Å². The summed E-state index contributed by atoms with van der Waals surface area (Å²) in [5, 5.41) is 36.5. The molecule has 0 radical (unpaired) electrons. The van der Waals surface area contributed by atoms with Crippen molar-refractivity contribution in [2.45, 2.75) is 112 Å². The second kappa shape index (κ2) is 22.1. The molecule has 18 nitrogen and oxygen atoms in total. The lowest BCUT2D eigenvalue weighted by Gasteiger charge is -2.37. The number of aryl methyl sites for hydroxylation is 4. The smallest absolute Gasteiger partial charge is 0.256 e. The fourth-order valence-electron chi connectivity index (χ4n) is 9.11. The number of nitrogens with one attached hydrogen (secondary N) is 3. The number of hydrogen-bond acceptors (Lipinski definition) is 12.